The van der Waals surface area contributed by atoms with E-state index in [0.29, 0.717) is 11.5 Å². The van der Waals surface area contributed by atoms with Crippen molar-refractivity contribution in [2.75, 3.05) is 11.5 Å². The summed E-state index contributed by atoms with van der Waals surface area (Å²) in [5.41, 5.74) is 5.88. The summed E-state index contributed by atoms with van der Waals surface area (Å²) in [6, 6.07) is 15.7. The monoisotopic (exact) mass is 406 g/mol. The molecule has 4 nitrogen and oxygen atoms in total. The average Bonchev–Trinajstić information content (AvgIpc) is 2.69. The highest BCUT2D eigenvalue weighted by atomic mass is 32.2. The molecule has 148 valence electrons. The first-order valence-corrected chi connectivity index (χ1v) is 10.7. The van der Waals surface area contributed by atoms with Crippen LogP contribution in [0.3, 0.4) is 0 Å². The van der Waals surface area contributed by atoms with Gasteiger partial charge in [0, 0.05) is 23.0 Å². The second kappa shape index (κ2) is 7.91. The minimum absolute atomic E-state index is 0.516. The second-order valence-corrected chi connectivity index (χ2v) is 8.43. The van der Waals surface area contributed by atoms with E-state index in [1.165, 1.54) is 0 Å². The number of ether oxygens (including phenoxy) is 1. The molecule has 2 aliphatic heterocycles. The summed E-state index contributed by atoms with van der Waals surface area (Å²) < 4.78 is 5.66. The molecule has 0 bridgehead atoms. The third kappa shape index (κ3) is 3.62. The van der Waals surface area contributed by atoms with E-state index in [-0.39, 0.29) is 0 Å². The molecule has 2 heterocycles. The highest BCUT2D eigenvalue weighted by molar-refractivity contribution is 7.99. The molecule has 0 saturated carbocycles. The summed E-state index contributed by atoms with van der Waals surface area (Å²) in [7, 11) is 0. The molecule has 0 aliphatic carbocycles. The van der Waals surface area contributed by atoms with Gasteiger partial charge < -0.3 is 9.84 Å². The largest absolute Gasteiger partial charge is 0.481 e. The number of allylic oxidation sites excluding steroid dienone is 1. The molecule has 0 amide bonds. The van der Waals surface area contributed by atoms with Gasteiger partial charge >= 0.3 is 11.9 Å². The Labute approximate surface area is 174 Å². The van der Waals surface area contributed by atoms with Crippen molar-refractivity contribution in [3.63, 3.8) is 0 Å². The molecular formula is C24H22O4S. The van der Waals surface area contributed by atoms with Crippen molar-refractivity contribution in [3.05, 3.63) is 87.7 Å². The number of aryl methyl sites for hydroxylation is 2. The van der Waals surface area contributed by atoms with Gasteiger partial charge in [-0.2, -0.15) is 11.8 Å². The second-order valence-electron chi connectivity index (χ2n) is 7.44. The van der Waals surface area contributed by atoms with Gasteiger partial charge in [-0.1, -0.05) is 48.5 Å². The van der Waals surface area contributed by atoms with Crippen molar-refractivity contribution in [3.8, 4) is 0 Å². The zero-order chi connectivity index (χ0) is 20.5. The summed E-state index contributed by atoms with van der Waals surface area (Å²) in [5, 5.41) is 9.81. The molecule has 29 heavy (non-hydrogen) atoms. The number of carbonyl (C=O) groups is 2. The molecule has 0 aromatic heterocycles. The fourth-order valence-electron chi connectivity index (χ4n) is 4.06. The predicted molar refractivity (Wildman–Crippen MR) is 115 cm³/mol. The van der Waals surface area contributed by atoms with E-state index in [9.17, 15) is 14.7 Å². The van der Waals surface area contributed by atoms with Crippen molar-refractivity contribution >= 4 is 29.8 Å². The SMILES string of the molecule is Cc1ccccc1C=C1CSCC2=C1OC(=O)C(C(=O)O)C2c1ccccc1C. The van der Waals surface area contributed by atoms with Crippen LogP contribution >= 0.6 is 11.8 Å². The molecule has 5 heteroatoms. The van der Waals surface area contributed by atoms with Crippen LogP contribution in [0.25, 0.3) is 6.08 Å². The number of esters is 1. The Morgan fingerprint density at radius 1 is 1.07 bits per heavy atom. The van der Waals surface area contributed by atoms with E-state index in [0.717, 1.165) is 39.2 Å². The minimum atomic E-state index is -1.23. The topological polar surface area (TPSA) is 63.6 Å². The smallest absolute Gasteiger partial charge is 0.326 e. The summed E-state index contributed by atoms with van der Waals surface area (Å²) in [6.45, 7) is 4.00. The zero-order valence-electron chi connectivity index (χ0n) is 16.3. The lowest BCUT2D eigenvalue weighted by atomic mass is 9.76. The van der Waals surface area contributed by atoms with Gasteiger partial charge in [0.2, 0.25) is 0 Å². The number of benzene rings is 2. The third-order valence-corrected chi connectivity index (χ3v) is 6.60. The highest BCUT2D eigenvalue weighted by Crippen LogP contribution is 2.46. The van der Waals surface area contributed by atoms with E-state index >= 15 is 0 Å². The van der Waals surface area contributed by atoms with Crippen LogP contribution in [0.5, 0.6) is 0 Å². The van der Waals surface area contributed by atoms with Crippen LogP contribution in [0, 0.1) is 19.8 Å². The molecule has 2 unspecified atom stereocenters. The lowest BCUT2D eigenvalue weighted by Crippen LogP contribution is -2.39. The standard InChI is InChI=1S/C24H22O4S/c1-14-7-3-5-9-16(14)11-17-12-29-13-19-20(18-10-6-4-8-15(18)2)21(23(25)26)24(27)28-22(17)19/h3-11,20-21H,12-13H2,1-2H3,(H,25,26). The van der Waals surface area contributed by atoms with Gasteiger partial charge in [0.25, 0.3) is 0 Å². The van der Waals surface area contributed by atoms with Crippen LogP contribution in [-0.2, 0) is 14.3 Å². The molecular weight excluding hydrogens is 384 g/mol. The Balaban J connectivity index is 1.89. The first-order chi connectivity index (χ1) is 14.0. The van der Waals surface area contributed by atoms with E-state index in [2.05, 4.69) is 6.08 Å². The summed E-state index contributed by atoms with van der Waals surface area (Å²) in [5.74, 6) is -1.65. The van der Waals surface area contributed by atoms with Gasteiger partial charge in [-0.3, -0.25) is 9.59 Å². The van der Waals surface area contributed by atoms with Crippen LogP contribution in [0.1, 0.15) is 28.2 Å². The Kier molecular flexibility index (Phi) is 5.33. The molecule has 2 aromatic carbocycles. The van der Waals surface area contributed by atoms with Gasteiger partial charge in [0.15, 0.2) is 5.92 Å². The van der Waals surface area contributed by atoms with E-state index in [1.807, 2.05) is 62.4 Å². The molecule has 4 rings (SSSR count). The number of hydrogen-bond donors (Lipinski definition) is 1. The minimum Gasteiger partial charge on any atom is -0.481 e. The Morgan fingerprint density at radius 2 is 1.76 bits per heavy atom. The first-order valence-electron chi connectivity index (χ1n) is 9.54. The van der Waals surface area contributed by atoms with Gasteiger partial charge in [-0.15, -0.1) is 0 Å². The van der Waals surface area contributed by atoms with Crippen molar-refractivity contribution in [2.24, 2.45) is 5.92 Å². The maximum Gasteiger partial charge on any atom is 0.326 e. The van der Waals surface area contributed by atoms with Crippen molar-refractivity contribution in [1.29, 1.82) is 0 Å². The number of carboxylic acids is 1. The van der Waals surface area contributed by atoms with Crippen LogP contribution in [0.15, 0.2) is 65.4 Å². The number of aliphatic carboxylic acids is 1. The molecule has 0 fully saturated rings. The number of rotatable bonds is 3. The summed E-state index contributed by atoms with van der Waals surface area (Å²) in [4.78, 5) is 24.8. The molecule has 1 N–H and O–H groups in total. The maximum atomic E-state index is 12.8. The van der Waals surface area contributed by atoms with Crippen LogP contribution in [0.2, 0.25) is 0 Å². The zero-order valence-corrected chi connectivity index (χ0v) is 17.2. The Morgan fingerprint density at radius 3 is 2.45 bits per heavy atom. The normalized spacial score (nSPS) is 23.0. The predicted octanol–water partition coefficient (Wildman–Crippen LogP) is 4.73. The van der Waals surface area contributed by atoms with Gasteiger partial charge in [0.1, 0.15) is 5.76 Å². The fourth-order valence-corrected chi connectivity index (χ4v) is 5.13. The van der Waals surface area contributed by atoms with E-state index in [1.54, 1.807) is 11.8 Å². The number of carboxylic acid groups (broad SMARTS) is 1. The van der Waals surface area contributed by atoms with Crippen LogP contribution < -0.4 is 0 Å². The van der Waals surface area contributed by atoms with Gasteiger partial charge in [-0.25, -0.2) is 0 Å². The van der Waals surface area contributed by atoms with Crippen LogP contribution in [-0.4, -0.2) is 28.6 Å². The summed E-state index contributed by atoms with van der Waals surface area (Å²) in [6.07, 6.45) is 2.06. The van der Waals surface area contributed by atoms with Gasteiger partial charge in [-0.05, 0) is 47.8 Å². The quantitative estimate of drug-likeness (QED) is 0.590. The lowest BCUT2D eigenvalue weighted by Gasteiger charge is -2.36. The first kappa shape index (κ1) is 19.5. The van der Waals surface area contributed by atoms with Crippen molar-refractivity contribution in [1.82, 2.24) is 0 Å². The Bertz CT molecular complexity index is 1050. The fraction of sp³-hybridized carbons (Fsp3) is 0.250. The molecule has 0 saturated heterocycles. The summed E-state index contributed by atoms with van der Waals surface area (Å²) >= 11 is 1.72. The highest BCUT2D eigenvalue weighted by Gasteiger charge is 2.46. The number of carbonyl (C=O) groups excluding carboxylic acids is 1. The van der Waals surface area contributed by atoms with E-state index in [4.69, 9.17) is 4.74 Å². The molecule has 0 spiro atoms. The third-order valence-electron chi connectivity index (χ3n) is 5.57. The number of hydrogen-bond acceptors (Lipinski definition) is 4. The number of thioether (sulfide) groups is 1. The maximum absolute atomic E-state index is 12.8. The lowest BCUT2D eigenvalue weighted by molar-refractivity contribution is -0.158. The molecule has 2 aromatic rings. The van der Waals surface area contributed by atoms with Gasteiger partial charge in [0.05, 0.1) is 0 Å². The average molecular weight is 407 g/mol. The molecule has 2 aliphatic rings. The van der Waals surface area contributed by atoms with Crippen molar-refractivity contribution < 1.29 is 19.4 Å². The van der Waals surface area contributed by atoms with Crippen LogP contribution in [0.4, 0.5) is 0 Å². The van der Waals surface area contributed by atoms with Crippen molar-refractivity contribution in [2.45, 2.75) is 19.8 Å². The van der Waals surface area contributed by atoms with E-state index < -0.39 is 23.8 Å². The Hall–Kier alpha value is -2.79. The molecule has 0 radical (unpaired) electrons. The molecule has 2 atom stereocenters.